The fraction of sp³-hybridized carbons (Fsp3) is 0.750. The minimum absolute atomic E-state index is 0.0780. The number of carboxylic acid groups (broad SMARTS) is 2. The van der Waals surface area contributed by atoms with Crippen molar-refractivity contribution < 1.29 is 29.3 Å². The van der Waals surface area contributed by atoms with Crippen LogP contribution in [0.4, 0.5) is 4.79 Å². The molecule has 0 bridgehead atoms. The van der Waals surface area contributed by atoms with Crippen molar-refractivity contribution in [1.82, 2.24) is 5.32 Å². The van der Waals surface area contributed by atoms with E-state index in [1.54, 1.807) is 20.8 Å². The number of aliphatic carboxylic acids is 2. The lowest BCUT2D eigenvalue weighted by molar-refractivity contribution is -0.308. The molecule has 1 atom stereocenters. The quantitative estimate of drug-likeness (QED) is 0.565. The van der Waals surface area contributed by atoms with Gasteiger partial charge in [0.15, 0.2) is 0 Å². The number of nitrogens with one attached hydrogen (secondary N) is 1. The number of thioether (sulfide) groups is 1. The van der Waals surface area contributed by atoms with E-state index in [2.05, 4.69) is 5.32 Å². The Morgan fingerprint density at radius 3 is 2.30 bits per heavy atom. The van der Waals surface area contributed by atoms with Crippen LogP contribution in [0.3, 0.4) is 0 Å². The van der Waals surface area contributed by atoms with E-state index in [4.69, 9.17) is 4.74 Å². The molecule has 116 valence electrons. The predicted octanol–water partition coefficient (Wildman–Crippen LogP) is -1.11. The first-order valence-corrected chi connectivity index (χ1v) is 7.25. The summed E-state index contributed by atoms with van der Waals surface area (Å²) in [6, 6.07) is -1.18. The van der Waals surface area contributed by atoms with E-state index >= 15 is 0 Å². The highest BCUT2D eigenvalue weighted by molar-refractivity contribution is 7.99. The van der Waals surface area contributed by atoms with Crippen LogP contribution in [0.1, 0.15) is 33.6 Å². The molecule has 7 nitrogen and oxygen atoms in total. The van der Waals surface area contributed by atoms with Crippen molar-refractivity contribution in [3.05, 3.63) is 0 Å². The van der Waals surface area contributed by atoms with Gasteiger partial charge in [0.05, 0.1) is 12.0 Å². The monoisotopic (exact) mass is 305 g/mol. The van der Waals surface area contributed by atoms with Crippen molar-refractivity contribution in [3.8, 4) is 0 Å². The zero-order valence-electron chi connectivity index (χ0n) is 11.8. The van der Waals surface area contributed by atoms with Gasteiger partial charge in [-0.15, -0.1) is 0 Å². The molecular weight excluding hydrogens is 286 g/mol. The number of hydrogen-bond donors (Lipinski definition) is 1. The van der Waals surface area contributed by atoms with Crippen molar-refractivity contribution in [2.24, 2.45) is 0 Å². The van der Waals surface area contributed by atoms with E-state index in [1.165, 1.54) is 11.8 Å². The molecule has 0 unspecified atom stereocenters. The van der Waals surface area contributed by atoms with Crippen LogP contribution in [0.2, 0.25) is 0 Å². The van der Waals surface area contributed by atoms with Crippen LogP contribution in [0.15, 0.2) is 0 Å². The van der Waals surface area contributed by atoms with Gasteiger partial charge in [-0.2, -0.15) is 11.8 Å². The highest BCUT2D eigenvalue weighted by Crippen LogP contribution is 2.09. The Hall–Kier alpha value is -1.44. The number of alkyl carbamates (subject to hydrolysis) is 1. The molecule has 0 aromatic carbocycles. The number of carboxylic acids is 2. The van der Waals surface area contributed by atoms with Gasteiger partial charge in [0.2, 0.25) is 0 Å². The zero-order chi connectivity index (χ0) is 15.8. The van der Waals surface area contributed by atoms with E-state index in [1.807, 2.05) is 0 Å². The average molecular weight is 305 g/mol. The van der Waals surface area contributed by atoms with Crippen LogP contribution in [0.5, 0.6) is 0 Å². The van der Waals surface area contributed by atoms with Crippen LogP contribution in [0.25, 0.3) is 0 Å². The second-order valence-electron chi connectivity index (χ2n) is 5.07. The average Bonchev–Trinajstić information content (AvgIpc) is 2.23. The Morgan fingerprint density at radius 1 is 1.25 bits per heavy atom. The van der Waals surface area contributed by atoms with Gasteiger partial charge in [-0.25, -0.2) is 4.79 Å². The summed E-state index contributed by atoms with van der Waals surface area (Å²) in [7, 11) is 0. The molecule has 8 heteroatoms. The molecule has 0 aliphatic rings. The van der Waals surface area contributed by atoms with Crippen LogP contribution in [-0.4, -0.2) is 41.2 Å². The molecule has 0 aromatic heterocycles. The number of carbonyl (C=O) groups is 3. The van der Waals surface area contributed by atoms with Gasteiger partial charge >= 0.3 is 6.09 Å². The van der Waals surface area contributed by atoms with Gasteiger partial charge in [-0.05, 0) is 39.4 Å². The molecule has 0 heterocycles. The van der Waals surface area contributed by atoms with E-state index in [0.717, 1.165) is 0 Å². The maximum Gasteiger partial charge on any atom is 0.408 e. The molecule has 0 aromatic rings. The van der Waals surface area contributed by atoms with Crippen molar-refractivity contribution in [2.45, 2.75) is 45.3 Å². The second kappa shape index (κ2) is 8.68. The minimum Gasteiger partial charge on any atom is -0.550 e. The molecule has 1 amide bonds. The maximum atomic E-state index is 11.4. The third kappa shape index (κ3) is 10.5. The summed E-state index contributed by atoms with van der Waals surface area (Å²) in [5.74, 6) is -2.03. The summed E-state index contributed by atoms with van der Waals surface area (Å²) < 4.78 is 4.94. The molecule has 0 rings (SSSR count). The molecule has 0 spiro atoms. The highest BCUT2D eigenvalue weighted by atomic mass is 32.2. The number of ether oxygens (including phenoxy) is 1. The summed E-state index contributed by atoms with van der Waals surface area (Å²) in [5, 5.41) is 23.3. The third-order valence-electron chi connectivity index (χ3n) is 1.93. The Morgan fingerprint density at radius 2 is 1.85 bits per heavy atom. The van der Waals surface area contributed by atoms with Crippen molar-refractivity contribution in [3.63, 3.8) is 0 Å². The van der Waals surface area contributed by atoms with Crippen LogP contribution < -0.4 is 15.5 Å². The first-order valence-electron chi connectivity index (χ1n) is 6.10. The normalized spacial score (nSPS) is 12.6. The summed E-state index contributed by atoms with van der Waals surface area (Å²) in [5.41, 5.74) is -0.720. The molecule has 0 saturated heterocycles. The Balaban J connectivity index is 4.08. The van der Waals surface area contributed by atoms with Crippen LogP contribution in [0, 0.1) is 0 Å². The number of carbonyl (C=O) groups excluding carboxylic acids is 3. The second-order valence-corrected chi connectivity index (χ2v) is 6.22. The van der Waals surface area contributed by atoms with Crippen molar-refractivity contribution in [1.29, 1.82) is 0 Å². The molecule has 0 aliphatic carbocycles. The largest absolute Gasteiger partial charge is 0.550 e. The molecule has 0 fully saturated rings. The maximum absolute atomic E-state index is 11.4. The molecular formula is C12H19NO6S-2. The SMILES string of the molecule is CC(C)(C)OC(=O)N[C@H](CSCCCC(=O)[O-])C(=O)[O-]. The fourth-order valence-corrected chi connectivity index (χ4v) is 2.11. The molecule has 1 N–H and O–H groups in total. The summed E-state index contributed by atoms with van der Waals surface area (Å²) in [6.45, 7) is 4.99. The highest BCUT2D eigenvalue weighted by Gasteiger charge is 2.20. The lowest BCUT2D eigenvalue weighted by Crippen LogP contribution is -2.50. The van der Waals surface area contributed by atoms with Crippen LogP contribution >= 0.6 is 11.8 Å². The summed E-state index contributed by atoms with van der Waals surface area (Å²) >= 11 is 1.21. The Bertz CT molecular complexity index is 352. The van der Waals surface area contributed by atoms with Gasteiger partial charge in [-0.1, -0.05) is 0 Å². The Labute approximate surface area is 122 Å². The van der Waals surface area contributed by atoms with Gasteiger partial charge in [0.1, 0.15) is 5.60 Å². The Kier molecular flexibility index (Phi) is 8.05. The first-order chi connectivity index (χ1) is 9.11. The van der Waals surface area contributed by atoms with Gasteiger partial charge in [0, 0.05) is 11.7 Å². The number of amides is 1. The topological polar surface area (TPSA) is 119 Å². The zero-order valence-corrected chi connectivity index (χ0v) is 12.6. The molecule has 0 saturated carbocycles. The van der Waals surface area contributed by atoms with E-state index in [9.17, 15) is 24.6 Å². The van der Waals surface area contributed by atoms with Crippen molar-refractivity contribution in [2.75, 3.05) is 11.5 Å². The summed E-state index contributed by atoms with van der Waals surface area (Å²) in [6.07, 6.45) is -0.538. The van der Waals surface area contributed by atoms with E-state index in [0.29, 0.717) is 12.2 Å². The first kappa shape index (κ1) is 18.6. The lowest BCUT2D eigenvalue weighted by Gasteiger charge is -2.24. The van der Waals surface area contributed by atoms with Crippen LogP contribution in [-0.2, 0) is 14.3 Å². The summed E-state index contributed by atoms with van der Waals surface area (Å²) in [4.78, 5) is 32.5. The molecule has 0 aliphatic heterocycles. The fourth-order valence-electron chi connectivity index (χ4n) is 1.14. The van der Waals surface area contributed by atoms with Gasteiger partial charge in [0.25, 0.3) is 0 Å². The standard InChI is InChI=1S/C12H21NO6S/c1-12(2,3)19-11(18)13-8(10(16)17)7-20-6-4-5-9(14)15/h8H,4-7H2,1-3H3,(H,13,18)(H,14,15)(H,16,17)/p-2/t8-/m1/s1. The van der Waals surface area contributed by atoms with Gasteiger partial charge in [-0.3, -0.25) is 0 Å². The predicted molar refractivity (Wildman–Crippen MR) is 69.7 cm³/mol. The minimum atomic E-state index is -1.41. The van der Waals surface area contributed by atoms with E-state index < -0.39 is 29.7 Å². The number of rotatable bonds is 8. The smallest absolute Gasteiger partial charge is 0.408 e. The molecule has 0 radical (unpaired) electrons. The third-order valence-corrected chi connectivity index (χ3v) is 3.08. The van der Waals surface area contributed by atoms with E-state index in [-0.39, 0.29) is 12.2 Å². The molecule has 20 heavy (non-hydrogen) atoms. The van der Waals surface area contributed by atoms with Crippen molar-refractivity contribution >= 4 is 29.8 Å². The lowest BCUT2D eigenvalue weighted by atomic mass is 10.2. The van der Waals surface area contributed by atoms with Gasteiger partial charge < -0.3 is 29.9 Å². The number of hydrogen-bond acceptors (Lipinski definition) is 7.